The van der Waals surface area contributed by atoms with Gasteiger partial charge in [0.2, 0.25) is 0 Å². The maximum Gasteiger partial charge on any atom is 0.258 e. The highest BCUT2D eigenvalue weighted by molar-refractivity contribution is 5.78. The Labute approximate surface area is 142 Å². The number of benzene rings is 2. The number of rotatable bonds is 8. The minimum absolute atomic E-state index is 0.0280. The van der Waals surface area contributed by atoms with Crippen LogP contribution in [0.1, 0.15) is 42.2 Å². The summed E-state index contributed by atoms with van der Waals surface area (Å²) in [6.45, 7) is 4.21. The molecule has 1 amide bonds. The normalized spacial score (nSPS) is 11.8. The van der Waals surface area contributed by atoms with Gasteiger partial charge in [-0.15, -0.1) is 0 Å². The van der Waals surface area contributed by atoms with E-state index in [1.165, 1.54) is 0 Å². The van der Waals surface area contributed by atoms with Crippen molar-refractivity contribution in [2.75, 3.05) is 6.61 Å². The lowest BCUT2D eigenvalue weighted by Crippen LogP contribution is -2.33. The van der Waals surface area contributed by atoms with Crippen LogP contribution < -0.4 is 10.1 Å². The number of amides is 1. The number of carbonyl (C=O) groups is 2. The van der Waals surface area contributed by atoms with Gasteiger partial charge >= 0.3 is 0 Å². The van der Waals surface area contributed by atoms with E-state index in [1.54, 1.807) is 24.3 Å². The molecule has 2 aromatic carbocycles. The maximum absolute atomic E-state index is 12.2. The Morgan fingerprint density at radius 1 is 1.08 bits per heavy atom. The van der Waals surface area contributed by atoms with Crippen LogP contribution in [0.15, 0.2) is 54.6 Å². The first-order valence-electron chi connectivity index (χ1n) is 8.11. The van der Waals surface area contributed by atoms with E-state index in [1.807, 2.05) is 30.3 Å². The number of hydrogen-bond donors (Lipinski definition) is 1. The molecule has 126 valence electrons. The van der Waals surface area contributed by atoms with E-state index in [-0.39, 0.29) is 18.6 Å². The SMILES string of the molecule is CC(C)CC(NC(=O)COc1ccc(C=O)cc1)c1ccccc1. The summed E-state index contributed by atoms with van der Waals surface area (Å²) in [5.41, 5.74) is 1.67. The van der Waals surface area contributed by atoms with Gasteiger partial charge in [-0.25, -0.2) is 0 Å². The third-order valence-corrected chi connectivity index (χ3v) is 3.63. The van der Waals surface area contributed by atoms with Crippen LogP contribution >= 0.6 is 0 Å². The highest BCUT2D eigenvalue weighted by atomic mass is 16.5. The second-order valence-corrected chi connectivity index (χ2v) is 6.14. The Hall–Kier alpha value is -2.62. The molecule has 0 saturated carbocycles. The van der Waals surface area contributed by atoms with E-state index in [9.17, 15) is 9.59 Å². The standard InChI is InChI=1S/C20H23NO3/c1-15(2)12-19(17-6-4-3-5-7-17)21-20(23)14-24-18-10-8-16(13-22)9-11-18/h3-11,13,15,19H,12,14H2,1-2H3,(H,21,23). The van der Waals surface area contributed by atoms with Crippen LogP contribution in [0.5, 0.6) is 5.75 Å². The van der Waals surface area contributed by atoms with Gasteiger partial charge in [-0.2, -0.15) is 0 Å². The van der Waals surface area contributed by atoms with Crippen LogP contribution in [0, 0.1) is 5.92 Å². The quantitative estimate of drug-likeness (QED) is 0.751. The van der Waals surface area contributed by atoms with Crippen molar-refractivity contribution in [3.05, 3.63) is 65.7 Å². The molecule has 1 N–H and O–H groups in total. The fraction of sp³-hybridized carbons (Fsp3) is 0.300. The van der Waals surface area contributed by atoms with Gasteiger partial charge in [0.25, 0.3) is 5.91 Å². The maximum atomic E-state index is 12.2. The summed E-state index contributed by atoms with van der Waals surface area (Å²) in [5, 5.41) is 3.04. The summed E-state index contributed by atoms with van der Waals surface area (Å²) < 4.78 is 5.48. The molecule has 0 aliphatic carbocycles. The monoisotopic (exact) mass is 325 g/mol. The Morgan fingerprint density at radius 3 is 2.33 bits per heavy atom. The first-order valence-corrected chi connectivity index (χ1v) is 8.11. The summed E-state index contributed by atoms with van der Waals surface area (Å²) in [4.78, 5) is 22.8. The lowest BCUT2D eigenvalue weighted by atomic mass is 9.97. The van der Waals surface area contributed by atoms with Gasteiger partial charge in [-0.1, -0.05) is 44.2 Å². The number of hydrogen-bond acceptors (Lipinski definition) is 3. The largest absolute Gasteiger partial charge is 0.484 e. The van der Waals surface area contributed by atoms with E-state index < -0.39 is 0 Å². The van der Waals surface area contributed by atoms with Crippen LogP contribution in [-0.2, 0) is 4.79 Å². The number of nitrogens with one attached hydrogen (secondary N) is 1. The number of aldehydes is 1. The predicted molar refractivity (Wildman–Crippen MR) is 94.1 cm³/mol. The molecule has 0 spiro atoms. The molecular weight excluding hydrogens is 302 g/mol. The van der Waals surface area contributed by atoms with E-state index >= 15 is 0 Å². The zero-order chi connectivity index (χ0) is 17.4. The minimum Gasteiger partial charge on any atom is -0.484 e. The summed E-state index contributed by atoms with van der Waals surface area (Å²) in [7, 11) is 0. The molecule has 0 saturated heterocycles. The second-order valence-electron chi connectivity index (χ2n) is 6.14. The molecule has 0 fully saturated rings. The molecule has 0 aliphatic heterocycles. The van der Waals surface area contributed by atoms with Crippen molar-refractivity contribution in [2.45, 2.75) is 26.3 Å². The molecule has 4 heteroatoms. The fourth-order valence-corrected chi connectivity index (χ4v) is 2.46. The summed E-state index contributed by atoms with van der Waals surface area (Å²) in [6.07, 6.45) is 1.64. The predicted octanol–water partition coefficient (Wildman–Crippen LogP) is 3.78. The lowest BCUT2D eigenvalue weighted by Gasteiger charge is -2.21. The Bertz CT molecular complexity index is 650. The minimum atomic E-state index is -0.163. The van der Waals surface area contributed by atoms with Crippen LogP contribution in [0.25, 0.3) is 0 Å². The van der Waals surface area contributed by atoms with Crippen molar-refractivity contribution in [3.63, 3.8) is 0 Å². The average Bonchev–Trinajstić information content (AvgIpc) is 2.60. The zero-order valence-electron chi connectivity index (χ0n) is 14.1. The molecule has 1 atom stereocenters. The topological polar surface area (TPSA) is 55.4 Å². The molecule has 0 aromatic heterocycles. The Morgan fingerprint density at radius 2 is 1.75 bits per heavy atom. The molecule has 0 aliphatic rings. The van der Waals surface area contributed by atoms with Gasteiger partial charge in [0, 0.05) is 5.56 Å². The van der Waals surface area contributed by atoms with Gasteiger partial charge in [0.05, 0.1) is 6.04 Å². The van der Waals surface area contributed by atoms with Crippen LogP contribution in [-0.4, -0.2) is 18.8 Å². The van der Waals surface area contributed by atoms with E-state index in [4.69, 9.17) is 4.74 Å². The first kappa shape index (κ1) is 17.7. The third-order valence-electron chi connectivity index (χ3n) is 3.63. The van der Waals surface area contributed by atoms with Gasteiger partial charge in [0.1, 0.15) is 12.0 Å². The summed E-state index contributed by atoms with van der Waals surface area (Å²) in [5.74, 6) is 0.868. The van der Waals surface area contributed by atoms with Crippen LogP contribution in [0.4, 0.5) is 0 Å². The third kappa shape index (κ3) is 5.54. The van der Waals surface area contributed by atoms with Crippen molar-refractivity contribution in [3.8, 4) is 5.75 Å². The molecule has 0 radical (unpaired) electrons. The van der Waals surface area contributed by atoms with Gasteiger partial charge in [-0.05, 0) is 42.2 Å². The second kappa shape index (κ2) is 8.87. The van der Waals surface area contributed by atoms with Crippen molar-refractivity contribution < 1.29 is 14.3 Å². The highest BCUT2D eigenvalue weighted by Gasteiger charge is 2.16. The average molecular weight is 325 g/mol. The Balaban J connectivity index is 1.93. The van der Waals surface area contributed by atoms with Crippen molar-refractivity contribution in [1.82, 2.24) is 5.32 Å². The van der Waals surface area contributed by atoms with Crippen molar-refractivity contribution >= 4 is 12.2 Å². The zero-order valence-corrected chi connectivity index (χ0v) is 14.1. The molecule has 2 rings (SSSR count). The van der Waals surface area contributed by atoms with E-state index in [0.717, 1.165) is 18.3 Å². The van der Waals surface area contributed by atoms with Crippen molar-refractivity contribution in [1.29, 1.82) is 0 Å². The summed E-state index contributed by atoms with van der Waals surface area (Å²) >= 11 is 0. The van der Waals surface area contributed by atoms with E-state index in [2.05, 4.69) is 19.2 Å². The van der Waals surface area contributed by atoms with Crippen LogP contribution in [0.2, 0.25) is 0 Å². The fourth-order valence-electron chi connectivity index (χ4n) is 2.46. The molecular formula is C20H23NO3. The van der Waals surface area contributed by atoms with Crippen LogP contribution in [0.3, 0.4) is 0 Å². The molecule has 2 aromatic rings. The molecule has 0 bridgehead atoms. The number of ether oxygens (including phenoxy) is 1. The van der Waals surface area contributed by atoms with Gasteiger partial charge in [0.15, 0.2) is 6.61 Å². The first-order chi connectivity index (χ1) is 11.6. The molecule has 4 nitrogen and oxygen atoms in total. The van der Waals surface area contributed by atoms with Crippen molar-refractivity contribution in [2.24, 2.45) is 5.92 Å². The molecule has 24 heavy (non-hydrogen) atoms. The molecule has 0 heterocycles. The number of carbonyl (C=O) groups excluding carboxylic acids is 2. The molecule has 1 unspecified atom stereocenters. The van der Waals surface area contributed by atoms with Gasteiger partial charge in [-0.3, -0.25) is 9.59 Å². The smallest absolute Gasteiger partial charge is 0.258 e. The summed E-state index contributed by atoms with van der Waals surface area (Å²) in [6, 6.07) is 16.6. The lowest BCUT2D eigenvalue weighted by molar-refractivity contribution is -0.124. The highest BCUT2D eigenvalue weighted by Crippen LogP contribution is 2.21. The van der Waals surface area contributed by atoms with E-state index in [0.29, 0.717) is 17.2 Å². The Kier molecular flexibility index (Phi) is 6.55. The van der Waals surface area contributed by atoms with Gasteiger partial charge < -0.3 is 10.1 Å².